The Morgan fingerprint density at radius 3 is 1.09 bits per heavy atom. The van der Waals surface area contributed by atoms with E-state index < -0.39 is 49.5 Å². The van der Waals surface area contributed by atoms with Crippen LogP contribution in [0.2, 0.25) is 0 Å². The molecule has 1 fully saturated rings. The van der Waals surface area contributed by atoms with Gasteiger partial charge in [-0.3, -0.25) is 9.59 Å². The number of hydrogen-bond acceptors (Lipinski definition) is 10. The van der Waals surface area contributed by atoms with Crippen molar-refractivity contribution in [1.82, 2.24) is 5.32 Å². The highest BCUT2D eigenvalue weighted by Gasteiger charge is 2.44. The van der Waals surface area contributed by atoms with Crippen LogP contribution in [0.3, 0.4) is 0 Å². The van der Waals surface area contributed by atoms with Gasteiger partial charge in [0.25, 0.3) is 0 Å². The summed E-state index contributed by atoms with van der Waals surface area (Å²) in [6, 6.07) is -0.807. The van der Waals surface area contributed by atoms with Crippen LogP contribution in [0.4, 0.5) is 0 Å². The van der Waals surface area contributed by atoms with Gasteiger partial charge in [0.05, 0.1) is 32.0 Å². The number of amides is 1. The normalized spacial score (nSPS) is 17.6. The van der Waals surface area contributed by atoms with E-state index >= 15 is 0 Å². The second-order valence-electron chi connectivity index (χ2n) is 28.5. The highest BCUT2D eigenvalue weighted by Crippen LogP contribution is 2.24. The largest absolute Gasteiger partial charge is 0.466 e. The van der Waals surface area contributed by atoms with Crippen molar-refractivity contribution in [3.63, 3.8) is 0 Å². The number of ether oxygens (including phenoxy) is 3. The molecule has 6 N–H and O–H groups in total. The molecular formula is C83H155NO10. The molecule has 0 aromatic heterocycles. The summed E-state index contributed by atoms with van der Waals surface area (Å²) in [4.78, 5) is 25.2. The van der Waals surface area contributed by atoms with Crippen molar-refractivity contribution >= 4 is 11.9 Å². The zero-order valence-electron chi connectivity index (χ0n) is 61.7. The van der Waals surface area contributed by atoms with Crippen LogP contribution >= 0.6 is 0 Å². The van der Waals surface area contributed by atoms with Gasteiger partial charge in [0.1, 0.15) is 24.4 Å². The van der Waals surface area contributed by atoms with Crippen molar-refractivity contribution < 1.29 is 49.3 Å². The standard InChI is InChI=1S/C83H155NO10/c1-3-5-7-9-11-13-15-16-17-18-38-42-45-48-51-55-59-63-67-71-79(88)92-72-68-64-60-56-52-49-46-43-40-37-35-33-31-29-27-25-23-21-19-20-22-24-26-28-30-32-34-36-39-41-44-47-50-54-58-62-66-70-78(87)84-75(74-93-83-82(91)81(90)80(89)77(73-85)94-83)76(86)69-65-61-57-53-14-12-10-8-6-4-2/h16-17,19,21,25,27,65,69,75-77,80-83,85-86,89-91H,3-15,18,20,22-24,26,28-64,66-68,70-74H2,1-2H3,(H,84,87)/b17-16-,21-19-,27-25-,69-65+. The lowest BCUT2D eigenvalue weighted by atomic mass is 9.99. The molecule has 7 unspecified atom stereocenters. The Bertz CT molecular complexity index is 1700. The van der Waals surface area contributed by atoms with Crippen LogP contribution in [0, 0.1) is 0 Å². The van der Waals surface area contributed by atoms with E-state index in [-0.39, 0.29) is 18.5 Å². The SMILES string of the molecule is CCCCCCCC/C=C\CCCCCCCCCCCC(=O)OCCCCCCCCCCCCCCC/C=C\C/C=C\CCCCCCCCCCCCCCCCCCCC(=O)NC(COC1OC(CO)C(O)C(O)C1O)C(O)/C=C/CCCCCCCCCC. The third-order valence-electron chi connectivity index (χ3n) is 19.4. The minimum Gasteiger partial charge on any atom is -0.466 e. The molecule has 11 nitrogen and oxygen atoms in total. The lowest BCUT2D eigenvalue weighted by Crippen LogP contribution is -2.60. The fourth-order valence-corrected chi connectivity index (χ4v) is 13.0. The molecule has 1 aliphatic heterocycles. The molecule has 11 heteroatoms. The van der Waals surface area contributed by atoms with E-state index in [9.17, 15) is 35.1 Å². The van der Waals surface area contributed by atoms with Gasteiger partial charge in [0.2, 0.25) is 5.91 Å². The van der Waals surface area contributed by atoms with E-state index in [0.717, 1.165) is 64.2 Å². The molecule has 0 spiro atoms. The van der Waals surface area contributed by atoms with Crippen molar-refractivity contribution in [3.05, 3.63) is 48.6 Å². The minimum absolute atomic E-state index is 0.0127. The number of aliphatic hydroxyl groups excluding tert-OH is 5. The number of esters is 1. The average Bonchev–Trinajstić information content (AvgIpc) is 1.07. The van der Waals surface area contributed by atoms with Crippen LogP contribution in [0.1, 0.15) is 406 Å². The maximum atomic E-state index is 13.0. The Morgan fingerprint density at radius 2 is 0.713 bits per heavy atom. The molecule has 0 saturated carbocycles. The predicted molar refractivity (Wildman–Crippen MR) is 398 cm³/mol. The quantitative estimate of drug-likeness (QED) is 0.0195. The number of carbonyl (C=O) groups is 2. The zero-order valence-corrected chi connectivity index (χ0v) is 61.7. The lowest BCUT2D eigenvalue weighted by Gasteiger charge is -2.40. The van der Waals surface area contributed by atoms with E-state index in [1.165, 1.54) is 315 Å². The van der Waals surface area contributed by atoms with Gasteiger partial charge in [0, 0.05) is 12.8 Å². The summed E-state index contributed by atoms with van der Waals surface area (Å²) in [6.45, 7) is 4.37. The van der Waals surface area contributed by atoms with Crippen LogP contribution in [0.15, 0.2) is 48.6 Å². The Hall–Kier alpha value is -2.38. The van der Waals surface area contributed by atoms with Crippen LogP contribution in [0.5, 0.6) is 0 Å². The van der Waals surface area contributed by atoms with Crippen LogP contribution in [-0.2, 0) is 23.8 Å². The van der Waals surface area contributed by atoms with Gasteiger partial charge in [-0.05, 0) is 89.9 Å². The maximum absolute atomic E-state index is 13.0. The molecule has 0 radical (unpaired) electrons. The van der Waals surface area contributed by atoms with Crippen molar-refractivity contribution in [1.29, 1.82) is 0 Å². The summed E-state index contributed by atoms with van der Waals surface area (Å²) in [7, 11) is 0. The average molecular weight is 1330 g/mol. The van der Waals surface area contributed by atoms with Gasteiger partial charge in [-0.25, -0.2) is 0 Å². The van der Waals surface area contributed by atoms with E-state index in [4.69, 9.17) is 14.2 Å². The molecule has 0 bridgehead atoms. The van der Waals surface area contributed by atoms with Crippen molar-refractivity contribution in [2.45, 2.75) is 448 Å². The minimum atomic E-state index is -1.57. The summed E-state index contributed by atoms with van der Waals surface area (Å²) in [5.41, 5.74) is 0. The zero-order chi connectivity index (χ0) is 67.9. The number of unbranched alkanes of at least 4 members (excludes halogenated alkanes) is 53. The number of nitrogens with one attached hydrogen (secondary N) is 1. The van der Waals surface area contributed by atoms with Crippen molar-refractivity contribution in [2.24, 2.45) is 0 Å². The van der Waals surface area contributed by atoms with E-state index in [2.05, 4.69) is 55.6 Å². The third kappa shape index (κ3) is 59.7. The second kappa shape index (κ2) is 71.9. The molecule has 1 aliphatic rings. The van der Waals surface area contributed by atoms with Crippen molar-refractivity contribution in [3.8, 4) is 0 Å². The van der Waals surface area contributed by atoms with Gasteiger partial charge >= 0.3 is 5.97 Å². The second-order valence-corrected chi connectivity index (χ2v) is 28.5. The van der Waals surface area contributed by atoms with Gasteiger partial charge in [-0.1, -0.05) is 351 Å². The summed E-state index contributed by atoms with van der Waals surface area (Å²) >= 11 is 0. The molecule has 1 rings (SSSR count). The summed E-state index contributed by atoms with van der Waals surface area (Å²) in [5, 5.41) is 54.4. The first kappa shape index (κ1) is 89.6. The van der Waals surface area contributed by atoms with E-state index in [1.54, 1.807) is 6.08 Å². The molecule has 0 aliphatic carbocycles. The Labute approximate surface area is 580 Å². The number of hydrogen-bond donors (Lipinski definition) is 6. The van der Waals surface area contributed by atoms with Crippen LogP contribution < -0.4 is 5.32 Å². The monoisotopic (exact) mass is 1330 g/mol. The molecular weight excluding hydrogens is 1170 g/mol. The first-order chi connectivity index (χ1) is 46.2. The Morgan fingerprint density at radius 1 is 0.394 bits per heavy atom. The highest BCUT2D eigenvalue weighted by molar-refractivity contribution is 5.76. The first-order valence-corrected chi connectivity index (χ1v) is 40.9. The molecule has 1 heterocycles. The highest BCUT2D eigenvalue weighted by atomic mass is 16.7. The van der Waals surface area contributed by atoms with Gasteiger partial charge in [-0.2, -0.15) is 0 Å². The van der Waals surface area contributed by atoms with E-state index in [1.807, 2.05) is 6.08 Å². The van der Waals surface area contributed by atoms with Gasteiger partial charge < -0.3 is 45.1 Å². The number of carbonyl (C=O) groups excluding carboxylic acids is 2. The molecule has 0 aromatic carbocycles. The van der Waals surface area contributed by atoms with Crippen LogP contribution in [0.25, 0.3) is 0 Å². The fraction of sp³-hybridized carbons (Fsp3) is 0.880. The molecule has 7 atom stereocenters. The number of rotatable bonds is 73. The molecule has 1 saturated heterocycles. The Balaban J connectivity index is 1.87. The summed E-state index contributed by atoms with van der Waals surface area (Å²) < 4.78 is 16.8. The molecule has 94 heavy (non-hydrogen) atoms. The van der Waals surface area contributed by atoms with E-state index in [0.29, 0.717) is 19.4 Å². The summed E-state index contributed by atoms with van der Waals surface area (Å²) in [5.74, 6) is -0.166. The summed E-state index contributed by atoms with van der Waals surface area (Å²) in [6.07, 6.45) is 85.9. The maximum Gasteiger partial charge on any atom is 0.305 e. The smallest absolute Gasteiger partial charge is 0.305 e. The Kier molecular flexibility index (Phi) is 68.5. The predicted octanol–water partition coefficient (Wildman–Crippen LogP) is 22.3. The lowest BCUT2D eigenvalue weighted by molar-refractivity contribution is -0.302. The number of aliphatic hydroxyl groups is 5. The number of allylic oxidation sites excluding steroid dienone is 7. The third-order valence-corrected chi connectivity index (χ3v) is 19.4. The van der Waals surface area contributed by atoms with Gasteiger partial charge in [-0.15, -0.1) is 0 Å². The van der Waals surface area contributed by atoms with Gasteiger partial charge in [0.15, 0.2) is 6.29 Å². The molecule has 1 amide bonds. The molecule has 0 aromatic rings. The fourth-order valence-electron chi connectivity index (χ4n) is 13.0. The molecule has 552 valence electrons. The van der Waals surface area contributed by atoms with Crippen LogP contribution in [-0.4, -0.2) is 100 Å². The topological polar surface area (TPSA) is 175 Å². The van der Waals surface area contributed by atoms with Crippen molar-refractivity contribution in [2.75, 3.05) is 19.8 Å². The first-order valence-electron chi connectivity index (χ1n) is 40.9.